The second-order valence-electron chi connectivity index (χ2n) is 6.33. The van der Waals surface area contributed by atoms with Crippen molar-refractivity contribution in [1.82, 2.24) is 5.32 Å². The second kappa shape index (κ2) is 6.39. The Labute approximate surface area is 124 Å². The zero-order valence-electron chi connectivity index (χ0n) is 12.8. The molecule has 1 aliphatic rings. The molecule has 1 aliphatic carbocycles. The first kappa shape index (κ1) is 16.3. The van der Waals surface area contributed by atoms with Crippen LogP contribution in [0.3, 0.4) is 0 Å². The van der Waals surface area contributed by atoms with Crippen molar-refractivity contribution in [1.29, 1.82) is 0 Å². The molecule has 1 aromatic rings. The molecule has 21 heavy (non-hydrogen) atoms. The minimum atomic E-state index is -4.29. The highest BCUT2D eigenvalue weighted by Crippen LogP contribution is 2.49. The molecule has 1 fully saturated rings. The molecule has 0 heterocycles. The molecule has 0 spiro atoms. The fourth-order valence-electron chi connectivity index (χ4n) is 3.50. The average molecular weight is 299 g/mol. The van der Waals surface area contributed by atoms with Crippen LogP contribution in [0.15, 0.2) is 24.3 Å². The van der Waals surface area contributed by atoms with Gasteiger partial charge in [0.05, 0.1) is 5.56 Å². The third-order valence-electron chi connectivity index (χ3n) is 4.62. The first-order chi connectivity index (χ1) is 9.88. The topological polar surface area (TPSA) is 12.0 Å². The van der Waals surface area contributed by atoms with Crippen molar-refractivity contribution in [3.05, 3.63) is 35.4 Å². The zero-order chi connectivity index (χ0) is 15.5. The van der Waals surface area contributed by atoms with E-state index in [0.29, 0.717) is 5.56 Å². The van der Waals surface area contributed by atoms with E-state index in [2.05, 4.69) is 12.2 Å². The Hall–Kier alpha value is -1.03. The molecule has 0 aliphatic heterocycles. The maximum absolute atomic E-state index is 13.3. The molecular formula is C17H24F3N. The van der Waals surface area contributed by atoms with Crippen molar-refractivity contribution in [2.24, 2.45) is 5.41 Å². The van der Waals surface area contributed by atoms with Crippen LogP contribution in [0.25, 0.3) is 0 Å². The van der Waals surface area contributed by atoms with Gasteiger partial charge in [-0.2, -0.15) is 13.2 Å². The van der Waals surface area contributed by atoms with Gasteiger partial charge in [0.2, 0.25) is 0 Å². The summed E-state index contributed by atoms with van der Waals surface area (Å²) < 4.78 is 39.9. The molecule has 1 unspecified atom stereocenters. The Kier molecular flexibility index (Phi) is 4.97. The van der Waals surface area contributed by atoms with E-state index in [1.807, 2.05) is 6.92 Å². The fourth-order valence-corrected chi connectivity index (χ4v) is 3.50. The van der Waals surface area contributed by atoms with E-state index in [-0.39, 0.29) is 11.5 Å². The predicted octanol–water partition coefficient (Wildman–Crippen LogP) is 5.33. The van der Waals surface area contributed by atoms with Gasteiger partial charge in [-0.15, -0.1) is 0 Å². The van der Waals surface area contributed by atoms with Gasteiger partial charge in [-0.25, -0.2) is 0 Å². The van der Waals surface area contributed by atoms with Crippen LogP contribution in [0.5, 0.6) is 0 Å². The maximum Gasteiger partial charge on any atom is 0.416 e. The molecule has 0 aromatic heterocycles. The van der Waals surface area contributed by atoms with Gasteiger partial charge in [0.1, 0.15) is 0 Å². The lowest BCUT2D eigenvalue weighted by atomic mass is 9.76. The van der Waals surface area contributed by atoms with E-state index >= 15 is 0 Å². The molecular weight excluding hydrogens is 275 g/mol. The van der Waals surface area contributed by atoms with E-state index in [1.54, 1.807) is 12.1 Å². The predicted molar refractivity (Wildman–Crippen MR) is 79.1 cm³/mol. The summed E-state index contributed by atoms with van der Waals surface area (Å²) >= 11 is 0. The maximum atomic E-state index is 13.3. The summed E-state index contributed by atoms with van der Waals surface area (Å²) in [5, 5.41) is 3.38. The molecule has 1 aromatic carbocycles. The molecule has 1 nitrogen and oxygen atoms in total. The van der Waals surface area contributed by atoms with Crippen LogP contribution in [0.2, 0.25) is 0 Å². The van der Waals surface area contributed by atoms with Gasteiger partial charge in [0.15, 0.2) is 0 Å². The lowest BCUT2D eigenvalue weighted by Gasteiger charge is -2.36. The van der Waals surface area contributed by atoms with Crippen LogP contribution in [0.4, 0.5) is 13.2 Å². The molecule has 0 bridgehead atoms. The van der Waals surface area contributed by atoms with E-state index in [0.717, 1.165) is 38.6 Å². The van der Waals surface area contributed by atoms with Gasteiger partial charge < -0.3 is 5.32 Å². The van der Waals surface area contributed by atoms with Gasteiger partial charge >= 0.3 is 6.18 Å². The lowest BCUT2D eigenvalue weighted by molar-refractivity contribution is -0.138. The Bertz CT molecular complexity index is 461. The quantitative estimate of drug-likeness (QED) is 0.775. The van der Waals surface area contributed by atoms with Crippen molar-refractivity contribution in [2.45, 2.75) is 58.2 Å². The standard InChI is InChI=1S/C17H24F3N/c1-3-12-21-15(16(2)10-6-7-11-16)13-8-4-5-9-14(13)17(18,19)20/h4-5,8-9,15,21H,3,6-7,10-12H2,1-2H3. The lowest BCUT2D eigenvalue weighted by Crippen LogP contribution is -2.36. The number of halogens is 3. The monoisotopic (exact) mass is 299 g/mol. The van der Waals surface area contributed by atoms with Crippen LogP contribution in [-0.2, 0) is 6.18 Å². The van der Waals surface area contributed by atoms with Gasteiger partial charge in [0, 0.05) is 6.04 Å². The highest BCUT2D eigenvalue weighted by molar-refractivity contribution is 5.34. The van der Waals surface area contributed by atoms with Crippen molar-refractivity contribution in [2.75, 3.05) is 6.54 Å². The average Bonchev–Trinajstić information content (AvgIpc) is 2.86. The van der Waals surface area contributed by atoms with E-state index in [1.165, 1.54) is 12.1 Å². The largest absolute Gasteiger partial charge is 0.416 e. The van der Waals surface area contributed by atoms with E-state index in [4.69, 9.17) is 0 Å². The van der Waals surface area contributed by atoms with Crippen LogP contribution in [0, 0.1) is 5.41 Å². The van der Waals surface area contributed by atoms with Crippen LogP contribution >= 0.6 is 0 Å². The van der Waals surface area contributed by atoms with E-state index < -0.39 is 11.7 Å². The summed E-state index contributed by atoms with van der Waals surface area (Å²) in [4.78, 5) is 0. The summed E-state index contributed by atoms with van der Waals surface area (Å²) in [6.45, 7) is 4.91. The first-order valence-corrected chi connectivity index (χ1v) is 7.78. The highest BCUT2D eigenvalue weighted by atomic mass is 19.4. The molecule has 0 saturated heterocycles. The Morgan fingerprint density at radius 1 is 1.19 bits per heavy atom. The highest BCUT2D eigenvalue weighted by Gasteiger charge is 2.42. The summed E-state index contributed by atoms with van der Waals surface area (Å²) in [5.74, 6) is 0. The summed E-state index contributed by atoms with van der Waals surface area (Å²) in [6, 6.07) is 5.80. The van der Waals surface area contributed by atoms with Crippen molar-refractivity contribution >= 4 is 0 Å². The van der Waals surface area contributed by atoms with Gasteiger partial charge in [-0.3, -0.25) is 0 Å². The van der Waals surface area contributed by atoms with Crippen molar-refractivity contribution in [3.63, 3.8) is 0 Å². The van der Waals surface area contributed by atoms with Crippen molar-refractivity contribution in [3.8, 4) is 0 Å². The molecule has 1 saturated carbocycles. The molecule has 1 atom stereocenters. The first-order valence-electron chi connectivity index (χ1n) is 7.78. The van der Waals surface area contributed by atoms with Gasteiger partial charge in [-0.05, 0) is 42.9 Å². The fraction of sp³-hybridized carbons (Fsp3) is 0.647. The summed E-state index contributed by atoms with van der Waals surface area (Å²) in [6.07, 6.45) is 0.809. The normalized spacial score (nSPS) is 19.7. The molecule has 0 radical (unpaired) electrons. The third-order valence-corrected chi connectivity index (χ3v) is 4.62. The Balaban J connectivity index is 2.41. The minimum Gasteiger partial charge on any atom is -0.309 e. The second-order valence-corrected chi connectivity index (χ2v) is 6.33. The molecule has 1 N–H and O–H groups in total. The number of rotatable bonds is 5. The number of benzene rings is 1. The smallest absolute Gasteiger partial charge is 0.309 e. The molecule has 4 heteroatoms. The molecule has 118 valence electrons. The van der Waals surface area contributed by atoms with Gasteiger partial charge in [0.25, 0.3) is 0 Å². The Morgan fingerprint density at radius 3 is 2.38 bits per heavy atom. The molecule has 2 rings (SSSR count). The number of nitrogens with one attached hydrogen (secondary N) is 1. The minimum absolute atomic E-state index is 0.0868. The van der Waals surface area contributed by atoms with Crippen LogP contribution in [-0.4, -0.2) is 6.54 Å². The number of alkyl halides is 3. The summed E-state index contributed by atoms with van der Waals surface area (Å²) in [5.41, 5.74) is -0.175. The van der Waals surface area contributed by atoms with Crippen LogP contribution < -0.4 is 5.32 Å². The van der Waals surface area contributed by atoms with E-state index in [9.17, 15) is 13.2 Å². The molecule has 0 amide bonds. The summed E-state index contributed by atoms with van der Waals surface area (Å²) in [7, 11) is 0. The van der Waals surface area contributed by atoms with Gasteiger partial charge in [-0.1, -0.05) is 44.9 Å². The van der Waals surface area contributed by atoms with Crippen LogP contribution in [0.1, 0.15) is 63.1 Å². The zero-order valence-corrected chi connectivity index (χ0v) is 12.8. The number of hydrogen-bond acceptors (Lipinski definition) is 1. The Morgan fingerprint density at radius 2 is 1.81 bits per heavy atom. The van der Waals surface area contributed by atoms with Crippen molar-refractivity contribution < 1.29 is 13.2 Å². The SMILES string of the molecule is CCCNC(c1ccccc1C(F)(F)F)C1(C)CCCC1. The third kappa shape index (κ3) is 3.60. The number of hydrogen-bond donors (Lipinski definition) is 1.